The van der Waals surface area contributed by atoms with Crippen LogP contribution in [0.1, 0.15) is 28.4 Å². The highest BCUT2D eigenvalue weighted by atomic mass is 35.5. The predicted molar refractivity (Wildman–Crippen MR) is 115 cm³/mol. The zero-order valence-corrected chi connectivity index (χ0v) is 17.2. The lowest BCUT2D eigenvalue weighted by Crippen LogP contribution is -2.33. The molecular weight excluding hydrogens is 410 g/mol. The van der Waals surface area contributed by atoms with Crippen LogP contribution >= 0.6 is 23.4 Å². The van der Waals surface area contributed by atoms with Gasteiger partial charge in [0.2, 0.25) is 5.91 Å². The van der Waals surface area contributed by atoms with Crippen LogP contribution in [0.15, 0.2) is 58.7 Å². The molecule has 1 saturated heterocycles. The number of carbonyl (C=O) groups excluding carboxylic acids is 2. The van der Waals surface area contributed by atoms with E-state index in [0.29, 0.717) is 34.3 Å². The van der Waals surface area contributed by atoms with Crippen LogP contribution in [-0.2, 0) is 22.4 Å². The number of thioether (sulfide) groups is 1. The third kappa shape index (κ3) is 4.36. The Labute approximate surface area is 177 Å². The molecule has 0 aliphatic carbocycles. The highest BCUT2D eigenvalue weighted by Gasteiger charge is 2.31. The first-order chi connectivity index (χ1) is 14.0. The molecular formula is C21H18ClN3O3S. The largest absolute Gasteiger partial charge is 0.452 e. The van der Waals surface area contributed by atoms with Gasteiger partial charge in [0.05, 0.1) is 16.5 Å². The summed E-state index contributed by atoms with van der Waals surface area (Å²) < 4.78 is 5.48. The Morgan fingerprint density at radius 3 is 2.79 bits per heavy atom. The van der Waals surface area contributed by atoms with Crippen LogP contribution in [0.5, 0.6) is 0 Å². The SMILES string of the molecule is C/C(=N/N=C1\NC(=O)[C@H](Cc2ccccc2Cl)S1)[C@@H]1Cc2ccccc2C(=O)O1. The Kier molecular flexibility index (Phi) is 5.69. The first-order valence-corrected chi connectivity index (χ1v) is 10.4. The zero-order valence-electron chi connectivity index (χ0n) is 15.6. The number of hydrogen-bond donors (Lipinski definition) is 1. The van der Waals surface area contributed by atoms with Gasteiger partial charge >= 0.3 is 5.97 Å². The van der Waals surface area contributed by atoms with Crippen LogP contribution in [0.4, 0.5) is 0 Å². The summed E-state index contributed by atoms with van der Waals surface area (Å²) in [7, 11) is 0. The number of carbonyl (C=O) groups is 2. The normalized spacial score (nSPS) is 23.0. The summed E-state index contributed by atoms with van der Waals surface area (Å²) in [4.78, 5) is 24.4. The number of hydrogen-bond acceptors (Lipinski definition) is 6. The molecule has 0 aromatic heterocycles. The fourth-order valence-corrected chi connectivity index (χ4v) is 4.36. The molecule has 0 bridgehead atoms. The zero-order chi connectivity index (χ0) is 20.4. The van der Waals surface area contributed by atoms with E-state index in [9.17, 15) is 9.59 Å². The van der Waals surface area contributed by atoms with Gasteiger partial charge in [-0.15, -0.1) is 5.10 Å². The second-order valence-electron chi connectivity index (χ2n) is 6.79. The number of ether oxygens (including phenoxy) is 1. The Balaban J connectivity index is 1.44. The number of nitrogens with one attached hydrogen (secondary N) is 1. The first kappa shape index (κ1) is 19.7. The van der Waals surface area contributed by atoms with Gasteiger partial charge < -0.3 is 10.1 Å². The number of amidine groups is 1. The van der Waals surface area contributed by atoms with Crippen molar-refractivity contribution in [1.82, 2.24) is 5.32 Å². The molecule has 2 heterocycles. The standard InChI is InChI=1S/C21H18ClN3O3S/c1-12(17-10-13-6-2-4-8-15(13)20(27)28-17)24-25-21-23-19(26)18(29-21)11-14-7-3-5-9-16(14)22/h2-9,17-18H,10-11H2,1H3,(H,23,25,26)/b24-12-/t17-,18-/m0/s1. The highest BCUT2D eigenvalue weighted by Crippen LogP contribution is 2.27. The molecule has 1 N–H and O–H groups in total. The van der Waals surface area contributed by atoms with Gasteiger partial charge in [0.1, 0.15) is 6.10 Å². The topological polar surface area (TPSA) is 80.1 Å². The van der Waals surface area contributed by atoms with E-state index in [1.54, 1.807) is 19.1 Å². The van der Waals surface area contributed by atoms with Gasteiger partial charge in [-0.2, -0.15) is 5.10 Å². The Hall–Kier alpha value is -2.64. The number of nitrogens with zero attached hydrogens (tertiary/aromatic N) is 2. The molecule has 0 spiro atoms. The van der Waals surface area contributed by atoms with Crippen molar-refractivity contribution in [3.05, 3.63) is 70.2 Å². The summed E-state index contributed by atoms with van der Waals surface area (Å²) in [6.45, 7) is 1.76. The van der Waals surface area contributed by atoms with Crippen LogP contribution in [0.3, 0.4) is 0 Å². The quantitative estimate of drug-likeness (QED) is 0.459. The van der Waals surface area contributed by atoms with Gasteiger partial charge in [-0.25, -0.2) is 4.79 Å². The number of fused-ring (bicyclic) bond motifs is 1. The van der Waals surface area contributed by atoms with Crippen molar-refractivity contribution in [3.63, 3.8) is 0 Å². The van der Waals surface area contributed by atoms with E-state index in [1.165, 1.54) is 11.8 Å². The Morgan fingerprint density at radius 2 is 1.97 bits per heavy atom. The van der Waals surface area contributed by atoms with Gasteiger partial charge in [-0.3, -0.25) is 4.79 Å². The number of halogens is 1. The van der Waals surface area contributed by atoms with Crippen molar-refractivity contribution in [2.45, 2.75) is 31.1 Å². The molecule has 1 fully saturated rings. The lowest BCUT2D eigenvalue weighted by Gasteiger charge is -2.23. The summed E-state index contributed by atoms with van der Waals surface area (Å²) in [6, 6.07) is 14.8. The van der Waals surface area contributed by atoms with Crippen molar-refractivity contribution in [1.29, 1.82) is 0 Å². The van der Waals surface area contributed by atoms with E-state index in [-0.39, 0.29) is 17.1 Å². The predicted octanol–water partition coefficient (Wildman–Crippen LogP) is 3.63. The number of benzene rings is 2. The van der Waals surface area contributed by atoms with E-state index in [1.807, 2.05) is 36.4 Å². The fourth-order valence-electron chi connectivity index (χ4n) is 3.20. The average molecular weight is 428 g/mol. The molecule has 8 heteroatoms. The van der Waals surface area contributed by atoms with Crippen molar-refractivity contribution in [2.75, 3.05) is 0 Å². The van der Waals surface area contributed by atoms with Crippen LogP contribution in [0.2, 0.25) is 5.02 Å². The third-order valence-corrected chi connectivity index (χ3v) is 6.24. The molecule has 4 rings (SSSR count). The fraction of sp³-hybridized carbons (Fsp3) is 0.238. The van der Waals surface area contributed by atoms with E-state index < -0.39 is 6.10 Å². The lowest BCUT2D eigenvalue weighted by molar-refractivity contribution is -0.118. The van der Waals surface area contributed by atoms with E-state index in [0.717, 1.165) is 11.1 Å². The van der Waals surface area contributed by atoms with Crippen LogP contribution in [-0.4, -0.2) is 34.1 Å². The van der Waals surface area contributed by atoms with Crippen molar-refractivity contribution in [3.8, 4) is 0 Å². The molecule has 2 aliphatic heterocycles. The maximum atomic E-state index is 12.3. The monoisotopic (exact) mass is 427 g/mol. The molecule has 2 aromatic carbocycles. The van der Waals surface area contributed by atoms with Crippen molar-refractivity contribution >= 4 is 46.1 Å². The molecule has 2 aromatic rings. The first-order valence-electron chi connectivity index (χ1n) is 9.13. The molecule has 148 valence electrons. The molecule has 29 heavy (non-hydrogen) atoms. The van der Waals surface area contributed by atoms with Gasteiger partial charge in [0.15, 0.2) is 5.17 Å². The van der Waals surface area contributed by atoms with Crippen molar-refractivity contribution in [2.24, 2.45) is 10.2 Å². The minimum absolute atomic E-state index is 0.125. The molecule has 1 amide bonds. The van der Waals surface area contributed by atoms with E-state index in [2.05, 4.69) is 15.5 Å². The highest BCUT2D eigenvalue weighted by molar-refractivity contribution is 8.15. The maximum Gasteiger partial charge on any atom is 0.339 e. The summed E-state index contributed by atoms with van der Waals surface area (Å²) in [5.74, 6) is -0.484. The van der Waals surface area contributed by atoms with Gasteiger partial charge in [0.25, 0.3) is 0 Å². The minimum Gasteiger partial charge on any atom is -0.452 e. The molecule has 2 atom stereocenters. The summed E-state index contributed by atoms with van der Waals surface area (Å²) >= 11 is 7.50. The second kappa shape index (κ2) is 8.39. The third-order valence-electron chi connectivity index (χ3n) is 4.80. The number of esters is 1. The Morgan fingerprint density at radius 1 is 1.21 bits per heavy atom. The Bertz CT molecular complexity index is 1040. The molecule has 6 nitrogen and oxygen atoms in total. The number of rotatable bonds is 4. The second-order valence-corrected chi connectivity index (χ2v) is 8.39. The van der Waals surface area contributed by atoms with E-state index >= 15 is 0 Å². The average Bonchev–Trinajstić information content (AvgIpc) is 3.07. The van der Waals surface area contributed by atoms with E-state index in [4.69, 9.17) is 16.3 Å². The number of cyclic esters (lactones) is 1. The smallest absolute Gasteiger partial charge is 0.339 e. The van der Waals surface area contributed by atoms with Gasteiger partial charge in [0, 0.05) is 11.4 Å². The molecule has 0 radical (unpaired) electrons. The maximum absolute atomic E-state index is 12.3. The summed E-state index contributed by atoms with van der Waals surface area (Å²) in [5, 5.41) is 11.8. The molecule has 2 aliphatic rings. The minimum atomic E-state index is -0.470. The molecule has 0 saturated carbocycles. The number of amides is 1. The van der Waals surface area contributed by atoms with Gasteiger partial charge in [-0.1, -0.05) is 59.8 Å². The van der Waals surface area contributed by atoms with Gasteiger partial charge in [-0.05, 0) is 36.6 Å². The lowest BCUT2D eigenvalue weighted by atomic mass is 9.97. The summed E-state index contributed by atoms with van der Waals surface area (Å²) in [5.41, 5.74) is 3.00. The van der Waals surface area contributed by atoms with Crippen molar-refractivity contribution < 1.29 is 14.3 Å². The summed E-state index contributed by atoms with van der Waals surface area (Å²) in [6.07, 6.45) is 0.592. The van der Waals surface area contributed by atoms with Crippen LogP contribution < -0.4 is 5.32 Å². The molecule has 0 unspecified atom stereocenters. The van der Waals surface area contributed by atoms with Crippen LogP contribution in [0, 0.1) is 0 Å². The van der Waals surface area contributed by atoms with Crippen LogP contribution in [0.25, 0.3) is 0 Å².